The molecule has 0 saturated heterocycles. The van der Waals surface area contributed by atoms with Crippen LogP contribution in [0.5, 0.6) is 5.75 Å². The number of ether oxygens (including phenoxy) is 3. The summed E-state index contributed by atoms with van der Waals surface area (Å²) < 4.78 is 71.2. The second-order valence-electron chi connectivity index (χ2n) is 10.5. The maximum Gasteiger partial charge on any atom is 0.152 e. The molecule has 12 heteroatoms. The third kappa shape index (κ3) is 7.72. The number of benzene rings is 3. The van der Waals surface area contributed by atoms with E-state index in [1.807, 2.05) is 25.1 Å². The maximum atomic E-state index is 15.6. The molecule has 1 atom stereocenters. The van der Waals surface area contributed by atoms with E-state index >= 15 is 4.39 Å². The van der Waals surface area contributed by atoms with Crippen molar-refractivity contribution in [2.24, 2.45) is 0 Å². The lowest BCUT2D eigenvalue weighted by Crippen LogP contribution is -2.28. The summed E-state index contributed by atoms with van der Waals surface area (Å²) in [7, 11) is -3.15. The van der Waals surface area contributed by atoms with Gasteiger partial charge in [-0.2, -0.15) is 0 Å². The first-order chi connectivity index (χ1) is 21.2. The van der Waals surface area contributed by atoms with Crippen LogP contribution in [0.4, 0.5) is 20.3 Å². The molecule has 1 N–H and O–H groups in total. The number of hydrogen-bond acceptors (Lipinski definition) is 8. The Labute approximate surface area is 263 Å². The van der Waals surface area contributed by atoms with Gasteiger partial charge in [0, 0.05) is 41.3 Å². The molecule has 0 saturated carbocycles. The Morgan fingerprint density at radius 2 is 1.93 bits per heavy atom. The predicted octanol–water partition coefficient (Wildman–Crippen LogP) is 7.35. The van der Waals surface area contributed by atoms with E-state index in [4.69, 9.17) is 14.2 Å². The van der Waals surface area contributed by atoms with Crippen molar-refractivity contribution in [2.75, 3.05) is 30.0 Å². The average molecular weight is 689 g/mol. The molecule has 4 aromatic rings. The molecule has 0 fully saturated rings. The summed E-state index contributed by atoms with van der Waals surface area (Å²) >= 11 is 3.53. The monoisotopic (exact) mass is 687 g/mol. The van der Waals surface area contributed by atoms with Crippen molar-refractivity contribution in [3.8, 4) is 5.75 Å². The second kappa shape index (κ2) is 14.0. The van der Waals surface area contributed by atoms with Crippen molar-refractivity contribution in [1.82, 2.24) is 9.97 Å². The van der Waals surface area contributed by atoms with Gasteiger partial charge in [-0.3, -0.25) is 0 Å². The highest BCUT2D eigenvalue weighted by molar-refractivity contribution is 9.10. The van der Waals surface area contributed by atoms with Crippen LogP contribution in [-0.2, 0) is 31.5 Å². The Hall–Kier alpha value is -3.61. The zero-order valence-electron chi connectivity index (χ0n) is 24.1. The molecule has 0 bridgehead atoms. The lowest BCUT2D eigenvalue weighted by Gasteiger charge is -2.30. The first-order valence-corrected chi connectivity index (χ1v) is 16.8. The highest BCUT2D eigenvalue weighted by atomic mass is 79.9. The van der Waals surface area contributed by atoms with Gasteiger partial charge >= 0.3 is 0 Å². The molecular formula is C32H32BrF2N3O5S. The van der Waals surface area contributed by atoms with Crippen molar-refractivity contribution in [3.63, 3.8) is 0 Å². The molecule has 1 aliphatic heterocycles. The third-order valence-corrected chi connectivity index (χ3v) is 9.67. The summed E-state index contributed by atoms with van der Waals surface area (Å²) in [5, 5.41) is 3.87. The van der Waals surface area contributed by atoms with E-state index in [0.717, 1.165) is 0 Å². The van der Waals surface area contributed by atoms with Crippen molar-refractivity contribution in [2.45, 2.75) is 38.4 Å². The molecule has 232 valence electrons. The number of aromatic nitrogens is 2. The summed E-state index contributed by atoms with van der Waals surface area (Å²) in [6.07, 6.45) is 6.03. The van der Waals surface area contributed by atoms with Gasteiger partial charge in [-0.15, -0.1) is 0 Å². The largest absolute Gasteiger partial charge is 0.490 e. The van der Waals surface area contributed by atoms with E-state index in [9.17, 15) is 12.8 Å². The van der Waals surface area contributed by atoms with Crippen molar-refractivity contribution < 1.29 is 31.4 Å². The number of nitrogens with one attached hydrogen (secondary N) is 1. The van der Waals surface area contributed by atoms with Crippen molar-refractivity contribution in [3.05, 3.63) is 100 Å². The molecule has 1 aromatic heterocycles. The van der Waals surface area contributed by atoms with Crippen LogP contribution in [0.1, 0.15) is 37.3 Å². The number of fused-ring (bicyclic) bond motifs is 1. The van der Waals surface area contributed by atoms with Crippen LogP contribution in [0.15, 0.2) is 77.7 Å². The zero-order valence-corrected chi connectivity index (χ0v) is 26.5. The van der Waals surface area contributed by atoms with Gasteiger partial charge in [-0.1, -0.05) is 19.1 Å². The lowest BCUT2D eigenvalue weighted by atomic mass is 9.87. The van der Waals surface area contributed by atoms with E-state index < -0.39 is 21.3 Å². The van der Waals surface area contributed by atoms with Gasteiger partial charge in [0.15, 0.2) is 9.84 Å². The molecule has 1 unspecified atom stereocenters. The van der Waals surface area contributed by atoms with Gasteiger partial charge in [0.25, 0.3) is 0 Å². The summed E-state index contributed by atoms with van der Waals surface area (Å²) in [5.74, 6) is 0.318. The Morgan fingerprint density at radius 1 is 1.07 bits per heavy atom. The standard InChI is InChI=1S/C32H32BrF2N3O5S/c1-2-14-44(39,40)15-13-41-12-10-32(9-4-11-43-32)26-18-25-29(19-28(26)35)36-21-37-31(25)38-24-7-8-30(27(33)17-24)42-20-22-5-3-6-23(34)16-22/h3-8,11,16-19,21H,2,9-10,12-15,20H2,1H3,(H,36,37,38). The van der Waals surface area contributed by atoms with E-state index in [0.29, 0.717) is 63.0 Å². The first kappa shape index (κ1) is 31.8. The number of anilines is 2. The molecule has 0 aliphatic carbocycles. The Balaban J connectivity index is 1.32. The zero-order chi connectivity index (χ0) is 31.2. The minimum absolute atomic E-state index is 0.0557. The van der Waals surface area contributed by atoms with Crippen LogP contribution < -0.4 is 10.1 Å². The number of sulfone groups is 1. The van der Waals surface area contributed by atoms with Crippen LogP contribution in [0.2, 0.25) is 0 Å². The molecule has 44 heavy (non-hydrogen) atoms. The maximum absolute atomic E-state index is 15.6. The predicted molar refractivity (Wildman–Crippen MR) is 169 cm³/mol. The summed E-state index contributed by atoms with van der Waals surface area (Å²) in [6.45, 7) is 2.28. The quantitative estimate of drug-likeness (QED) is 0.137. The molecule has 0 amide bonds. The number of rotatable bonds is 14. The SMILES string of the molecule is CCCS(=O)(=O)CCOCCC1(c2cc3c(Nc4ccc(OCc5cccc(F)c5)c(Br)c4)ncnc3cc2F)CC=CO1. The van der Waals surface area contributed by atoms with E-state index in [1.165, 1.54) is 24.5 Å². The van der Waals surface area contributed by atoms with Gasteiger partial charge in [-0.25, -0.2) is 27.2 Å². The summed E-state index contributed by atoms with van der Waals surface area (Å²) in [4.78, 5) is 8.68. The molecule has 0 radical (unpaired) electrons. The van der Waals surface area contributed by atoms with Gasteiger partial charge < -0.3 is 19.5 Å². The Kier molecular flexibility index (Phi) is 10.1. The number of nitrogens with zero attached hydrogens (tertiary/aromatic N) is 2. The van der Waals surface area contributed by atoms with Crippen LogP contribution in [-0.4, -0.2) is 43.1 Å². The lowest BCUT2D eigenvalue weighted by molar-refractivity contribution is 0.000269. The second-order valence-corrected chi connectivity index (χ2v) is 13.6. The first-order valence-electron chi connectivity index (χ1n) is 14.2. The van der Waals surface area contributed by atoms with Gasteiger partial charge in [0.1, 0.15) is 41.7 Å². The average Bonchev–Trinajstić information content (AvgIpc) is 3.46. The fourth-order valence-corrected chi connectivity index (χ4v) is 6.71. The van der Waals surface area contributed by atoms with E-state index in [2.05, 4.69) is 31.2 Å². The van der Waals surface area contributed by atoms with Gasteiger partial charge in [-0.05, 0) is 70.4 Å². The molecule has 1 aliphatic rings. The normalized spacial score (nSPS) is 16.3. The van der Waals surface area contributed by atoms with Gasteiger partial charge in [0.05, 0.1) is 35.2 Å². The molecule has 5 rings (SSSR count). The fraction of sp³-hybridized carbons (Fsp3) is 0.312. The van der Waals surface area contributed by atoms with Crippen LogP contribution in [0.25, 0.3) is 10.9 Å². The fourth-order valence-electron chi connectivity index (χ4n) is 5.02. The molecule has 8 nitrogen and oxygen atoms in total. The molecule has 3 aromatic carbocycles. The highest BCUT2D eigenvalue weighted by Gasteiger charge is 2.38. The molecule has 0 spiro atoms. The topological polar surface area (TPSA) is 99.6 Å². The smallest absolute Gasteiger partial charge is 0.152 e. The van der Waals surface area contributed by atoms with Gasteiger partial charge in [0.2, 0.25) is 0 Å². The van der Waals surface area contributed by atoms with Crippen molar-refractivity contribution >= 4 is 48.2 Å². The van der Waals surface area contributed by atoms with E-state index in [-0.39, 0.29) is 37.1 Å². The van der Waals surface area contributed by atoms with Crippen molar-refractivity contribution in [1.29, 1.82) is 0 Å². The summed E-state index contributed by atoms with van der Waals surface area (Å²) in [6, 6.07) is 14.7. The van der Waals surface area contributed by atoms with E-state index in [1.54, 1.807) is 30.5 Å². The number of hydrogen-bond donors (Lipinski definition) is 1. The van der Waals surface area contributed by atoms with Crippen LogP contribution in [0, 0.1) is 11.6 Å². The minimum Gasteiger partial charge on any atom is -0.490 e. The summed E-state index contributed by atoms with van der Waals surface area (Å²) in [5.41, 5.74) is 1.13. The van der Waals surface area contributed by atoms with Crippen LogP contribution in [0.3, 0.4) is 0 Å². The molecule has 2 heterocycles. The minimum atomic E-state index is -3.15. The number of halogens is 3. The Bertz CT molecular complexity index is 1760. The Morgan fingerprint density at radius 3 is 2.68 bits per heavy atom. The third-order valence-electron chi connectivity index (χ3n) is 7.23. The van der Waals surface area contributed by atoms with Crippen LogP contribution >= 0.6 is 15.9 Å². The highest BCUT2D eigenvalue weighted by Crippen LogP contribution is 2.41. The molecular weight excluding hydrogens is 656 g/mol.